The van der Waals surface area contributed by atoms with Crippen LogP contribution in [-0.2, 0) is 12.8 Å². The van der Waals surface area contributed by atoms with Gasteiger partial charge in [0, 0.05) is 38.3 Å². The van der Waals surface area contributed by atoms with Gasteiger partial charge >= 0.3 is 0 Å². The van der Waals surface area contributed by atoms with E-state index in [1.165, 1.54) is 125 Å². The third-order valence-electron chi connectivity index (χ3n) is 12.0. The first-order valence-corrected chi connectivity index (χ1v) is 18.3. The van der Waals surface area contributed by atoms with Crippen LogP contribution in [0.3, 0.4) is 0 Å². The van der Waals surface area contributed by atoms with Crippen LogP contribution in [0.15, 0.2) is 36.4 Å². The molecule has 6 heteroatoms. The normalized spacial score (nSPS) is 26.6. The molecule has 0 unspecified atom stereocenters. The number of rotatable bonds is 12. The van der Waals surface area contributed by atoms with Crippen LogP contribution >= 0.6 is 24.8 Å². The smallest absolute Gasteiger partial charge is 0.122 e. The van der Waals surface area contributed by atoms with Gasteiger partial charge in [-0.1, -0.05) is 38.1 Å². The molecular formula is C40H60Cl2N2O2. The topological polar surface area (TPSA) is 24.9 Å². The molecule has 0 aromatic heterocycles. The summed E-state index contributed by atoms with van der Waals surface area (Å²) < 4.78 is 11.2. The van der Waals surface area contributed by atoms with E-state index in [9.17, 15) is 0 Å². The maximum absolute atomic E-state index is 5.59. The Morgan fingerprint density at radius 2 is 0.848 bits per heavy atom. The predicted octanol–water partition coefficient (Wildman–Crippen LogP) is 9.31. The monoisotopic (exact) mass is 670 g/mol. The molecule has 4 saturated carbocycles. The fourth-order valence-electron chi connectivity index (χ4n) is 8.65. The molecule has 0 heterocycles. The van der Waals surface area contributed by atoms with Crippen LogP contribution in [0.25, 0.3) is 0 Å². The molecule has 4 fully saturated rings. The second-order valence-electron chi connectivity index (χ2n) is 15.5. The Hall–Kier alpha value is -1.46. The minimum absolute atomic E-state index is 0. The Bertz CT molecular complexity index is 1150. The van der Waals surface area contributed by atoms with Gasteiger partial charge in [-0.05, 0) is 147 Å². The number of ether oxygens (including phenoxy) is 2. The molecule has 0 N–H and O–H groups in total. The van der Waals surface area contributed by atoms with E-state index in [4.69, 9.17) is 9.47 Å². The van der Waals surface area contributed by atoms with Crippen molar-refractivity contribution in [1.82, 2.24) is 9.80 Å². The second-order valence-corrected chi connectivity index (χ2v) is 15.5. The molecule has 256 valence electrons. The quantitative estimate of drug-likeness (QED) is 0.225. The fourth-order valence-corrected chi connectivity index (χ4v) is 8.65. The van der Waals surface area contributed by atoms with E-state index in [0.29, 0.717) is 11.8 Å². The Labute approximate surface area is 292 Å². The van der Waals surface area contributed by atoms with Crippen LogP contribution in [0.5, 0.6) is 11.5 Å². The Balaban J connectivity index is 0.000000174. The van der Waals surface area contributed by atoms with Crippen molar-refractivity contribution in [3.05, 3.63) is 58.7 Å². The highest BCUT2D eigenvalue weighted by Crippen LogP contribution is 2.44. The van der Waals surface area contributed by atoms with Gasteiger partial charge in [0.2, 0.25) is 0 Å². The lowest BCUT2D eigenvalue weighted by Gasteiger charge is -2.40. The van der Waals surface area contributed by atoms with Crippen molar-refractivity contribution in [1.29, 1.82) is 0 Å². The molecule has 0 radical (unpaired) electrons. The first kappa shape index (κ1) is 35.8. The standard InChI is InChI=1S/2C20H29NO.2ClH/c2*1-14-17-4-3-5-20(22-2)18(17)10-11-19(14)21(12-15-6-7-15)13-16-8-9-16;;/h2*3-5,14-16,19H,6-13H2,1-2H3;2*1H/t2*14-,19+;;/m11../s1. The third kappa shape index (κ3) is 8.57. The Morgan fingerprint density at radius 1 is 0.522 bits per heavy atom. The lowest BCUT2D eigenvalue weighted by Crippen LogP contribution is -2.43. The maximum atomic E-state index is 5.59. The fraction of sp³-hybridized carbons (Fsp3) is 0.700. The zero-order chi connectivity index (χ0) is 30.2. The van der Waals surface area contributed by atoms with Crippen molar-refractivity contribution in [3.63, 3.8) is 0 Å². The van der Waals surface area contributed by atoms with Gasteiger partial charge in [0.15, 0.2) is 0 Å². The predicted molar refractivity (Wildman–Crippen MR) is 196 cm³/mol. The molecule has 0 aliphatic heterocycles. The summed E-state index contributed by atoms with van der Waals surface area (Å²) in [7, 11) is 3.61. The molecule has 8 rings (SSSR count). The van der Waals surface area contributed by atoms with Gasteiger partial charge < -0.3 is 9.47 Å². The van der Waals surface area contributed by atoms with Crippen LogP contribution in [0.2, 0.25) is 0 Å². The van der Waals surface area contributed by atoms with Crippen molar-refractivity contribution in [3.8, 4) is 11.5 Å². The molecule has 46 heavy (non-hydrogen) atoms. The van der Waals surface area contributed by atoms with E-state index < -0.39 is 0 Å². The summed E-state index contributed by atoms with van der Waals surface area (Å²) in [5, 5.41) is 0. The van der Waals surface area contributed by atoms with Gasteiger partial charge in [-0.25, -0.2) is 0 Å². The van der Waals surface area contributed by atoms with Crippen LogP contribution in [0, 0.1) is 23.7 Å². The van der Waals surface area contributed by atoms with Gasteiger partial charge in [0.1, 0.15) is 11.5 Å². The van der Waals surface area contributed by atoms with Gasteiger partial charge in [0.25, 0.3) is 0 Å². The number of benzene rings is 2. The van der Waals surface area contributed by atoms with Crippen LogP contribution in [0.1, 0.15) is 112 Å². The average Bonchev–Trinajstić information content (AvgIpc) is 3.85. The SMILES string of the molecule is COc1cccc2c1CC[C@H](N(CC1CC1)CC1CC1)[C@@H]2C.COc1cccc2c1CC[C@H](N(CC1CC1)CC1CC1)[C@@H]2C.Cl.Cl. The van der Waals surface area contributed by atoms with Gasteiger partial charge in [0.05, 0.1) is 14.2 Å². The van der Waals surface area contributed by atoms with Crippen molar-refractivity contribution in [2.75, 3.05) is 40.4 Å². The van der Waals surface area contributed by atoms with Crippen molar-refractivity contribution in [2.45, 2.75) is 115 Å². The summed E-state index contributed by atoms with van der Waals surface area (Å²) in [5.74, 6) is 7.45. The van der Waals surface area contributed by atoms with E-state index in [2.05, 4.69) is 60.0 Å². The van der Waals surface area contributed by atoms with E-state index in [1.807, 2.05) is 0 Å². The minimum Gasteiger partial charge on any atom is -0.496 e. The summed E-state index contributed by atoms with van der Waals surface area (Å²) in [4.78, 5) is 5.73. The van der Waals surface area contributed by atoms with Crippen LogP contribution in [0.4, 0.5) is 0 Å². The molecular weight excluding hydrogens is 611 g/mol. The summed E-state index contributed by atoms with van der Waals surface area (Å²) in [6.45, 7) is 10.3. The van der Waals surface area contributed by atoms with Crippen LogP contribution < -0.4 is 9.47 Å². The maximum Gasteiger partial charge on any atom is 0.122 e. The molecule has 0 spiro atoms. The Kier molecular flexibility index (Phi) is 12.3. The largest absolute Gasteiger partial charge is 0.496 e. The van der Waals surface area contributed by atoms with Gasteiger partial charge in [-0.2, -0.15) is 0 Å². The van der Waals surface area contributed by atoms with Gasteiger partial charge in [-0.15, -0.1) is 24.8 Å². The summed E-state index contributed by atoms with van der Waals surface area (Å²) in [5.41, 5.74) is 6.00. The van der Waals surface area contributed by atoms with E-state index in [1.54, 1.807) is 14.2 Å². The summed E-state index contributed by atoms with van der Waals surface area (Å²) >= 11 is 0. The zero-order valence-corrected chi connectivity index (χ0v) is 30.6. The molecule has 4 atom stereocenters. The number of hydrogen-bond donors (Lipinski definition) is 0. The van der Waals surface area contributed by atoms with Crippen molar-refractivity contribution in [2.24, 2.45) is 23.7 Å². The number of halogens is 2. The molecule has 6 aliphatic rings. The van der Waals surface area contributed by atoms with Crippen molar-refractivity contribution >= 4 is 24.8 Å². The highest BCUT2D eigenvalue weighted by atomic mass is 35.5. The molecule has 2 aromatic rings. The number of hydrogen-bond acceptors (Lipinski definition) is 4. The lowest BCUT2D eigenvalue weighted by atomic mass is 9.79. The minimum atomic E-state index is 0. The Morgan fingerprint density at radius 3 is 1.13 bits per heavy atom. The highest BCUT2D eigenvalue weighted by molar-refractivity contribution is 5.85. The molecule has 2 aromatic carbocycles. The van der Waals surface area contributed by atoms with E-state index >= 15 is 0 Å². The van der Waals surface area contributed by atoms with Gasteiger partial charge in [-0.3, -0.25) is 9.80 Å². The average molecular weight is 672 g/mol. The highest BCUT2D eigenvalue weighted by Gasteiger charge is 2.39. The summed E-state index contributed by atoms with van der Waals surface area (Å²) in [6, 6.07) is 14.7. The zero-order valence-electron chi connectivity index (χ0n) is 28.9. The number of nitrogens with zero attached hydrogens (tertiary/aromatic N) is 2. The molecule has 0 bridgehead atoms. The van der Waals surface area contributed by atoms with E-state index in [0.717, 1.165) is 47.3 Å². The number of fused-ring (bicyclic) bond motifs is 2. The van der Waals surface area contributed by atoms with Crippen LogP contribution in [-0.4, -0.2) is 62.3 Å². The molecule has 4 nitrogen and oxygen atoms in total. The second kappa shape index (κ2) is 15.8. The lowest BCUT2D eigenvalue weighted by molar-refractivity contribution is 0.145. The first-order valence-electron chi connectivity index (χ1n) is 18.3. The first-order chi connectivity index (χ1) is 21.5. The third-order valence-corrected chi connectivity index (χ3v) is 12.0. The van der Waals surface area contributed by atoms with E-state index in [-0.39, 0.29) is 24.8 Å². The van der Waals surface area contributed by atoms with Crippen molar-refractivity contribution < 1.29 is 9.47 Å². The molecule has 6 aliphatic carbocycles. The molecule has 0 amide bonds. The molecule has 0 saturated heterocycles. The summed E-state index contributed by atoms with van der Waals surface area (Å²) in [6.07, 6.45) is 16.7. The number of methoxy groups -OCH3 is 2.